The Bertz CT molecular complexity index is 665. The molecule has 0 atom stereocenters. The molecule has 2 aliphatic heterocycles. The molecule has 0 N–H and O–H groups in total. The summed E-state index contributed by atoms with van der Waals surface area (Å²) < 4.78 is 36.7. The molecule has 1 aromatic rings. The van der Waals surface area contributed by atoms with Crippen molar-refractivity contribution in [3.63, 3.8) is 0 Å². The first kappa shape index (κ1) is 17.8. The van der Waals surface area contributed by atoms with Crippen molar-refractivity contribution >= 4 is 10.0 Å². The summed E-state index contributed by atoms with van der Waals surface area (Å²) in [6.45, 7) is 7.95. The zero-order chi connectivity index (χ0) is 17.4. The zero-order valence-corrected chi connectivity index (χ0v) is 15.5. The van der Waals surface area contributed by atoms with Crippen molar-refractivity contribution in [3.8, 4) is 0 Å². The molecule has 1 aromatic heterocycles. The summed E-state index contributed by atoms with van der Waals surface area (Å²) in [4.78, 5) is 6.63. The molecule has 0 aliphatic carbocycles. The second-order valence-corrected chi connectivity index (χ2v) is 9.31. The third-order valence-corrected chi connectivity index (χ3v) is 6.34. The summed E-state index contributed by atoms with van der Waals surface area (Å²) in [6.07, 6.45) is 5.07. The minimum Gasteiger partial charge on any atom is -0.444 e. The maximum Gasteiger partial charge on any atom is 0.211 e. The zero-order valence-electron chi connectivity index (χ0n) is 14.7. The first-order chi connectivity index (χ1) is 11.3. The number of hydrogen-bond donors (Lipinski definition) is 0. The minimum absolute atomic E-state index is 0.401. The van der Waals surface area contributed by atoms with Gasteiger partial charge < -0.3 is 9.15 Å². The quantitative estimate of drug-likeness (QED) is 0.811. The molecule has 0 bridgehead atoms. The Labute approximate surface area is 144 Å². The summed E-state index contributed by atoms with van der Waals surface area (Å²) in [5.41, 5.74) is -0.429. The van der Waals surface area contributed by atoms with E-state index in [4.69, 9.17) is 9.15 Å². The molecule has 3 heterocycles. The highest BCUT2D eigenvalue weighted by atomic mass is 32.2. The van der Waals surface area contributed by atoms with E-state index in [0.29, 0.717) is 38.0 Å². The van der Waals surface area contributed by atoms with Gasteiger partial charge in [-0.15, -0.1) is 0 Å². The molecule has 136 valence electrons. The lowest BCUT2D eigenvalue weighted by atomic mass is 9.98. The van der Waals surface area contributed by atoms with Gasteiger partial charge in [-0.2, -0.15) is 4.31 Å². The van der Waals surface area contributed by atoms with Crippen LogP contribution in [0.4, 0.5) is 0 Å². The Morgan fingerprint density at radius 3 is 2.62 bits per heavy atom. The van der Waals surface area contributed by atoms with E-state index in [2.05, 4.69) is 9.88 Å². The van der Waals surface area contributed by atoms with Gasteiger partial charge in [-0.05, 0) is 26.7 Å². The van der Waals surface area contributed by atoms with Crippen LogP contribution in [-0.4, -0.2) is 67.2 Å². The number of ether oxygens (including phenoxy) is 1. The van der Waals surface area contributed by atoms with Crippen molar-refractivity contribution in [2.75, 3.05) is 39.1 Å². The second-order valence-electron chi connectivity index (χ2n) is 7.40. The van der Waals surface area contributed by atoms with E-state index in [1.165, 1.54) is 6.26 Å². The van der Waals surface area contributed by atoms with E-state index in [1.807, 2.05) is 20.0 Å². The number of hydrogen-bond acceptors (Lipinski definition) is 6. The van der Waals surface area contributed by atoms with E-state index in [1.54, 1.807) is 4.31 Å². The Hall–Kier alpha value is -0.960. The smallest absolute Gasteiger partial charge is 0.211 e. The van der Waals surface area contributed by atoms with Crippen LogP contribution in [0.5, 0.6) is 0 Å². The SMILES string of the molecule is CC1(C)CN(Cc2ncc(C3CCOCC3)o2)CCN1S(C)(=O)=O. The van der Waals surface area contributed by atoms with Crippen LogP contribution in [0.15, 0.2) is 10.6 Å². The molecule has 2 fully saturated rings. The highest BCUT2D eigenvalue weighted by Gasteiger charge is 2.39. The van der Waals surface area contributed by atoms with E-state index in [9.17, 15) is 8.42 Å². The van der Waals surface area contributed by atoms with Crippen molar-refractivity contribution < 1.29 is 17.6 Å². The summed E-state index contributed by atoms with van der Waals surface area (Å²) in [5.74, 6) is 2.06. The molecule has 2 aliphatic rings. The molecule has 0 amide bonds. The van der Waals surface area contributed by atoms with Crippen molar-refractivity contribution in [3.05, 3.63) is 17.8 Å². The van der Waals surface area contributed by atoms with Crippen LogP contribution in [0.3, 0.4) is 0 Å². The average molecular weight is 357 g/mol. The van der Waals surface area contributed by atoms with E-state index >= 15 is 0 Å². The fraction of sp³-hybridized carbons (Fsp3) is 0.812. The molecular weight excluding hydrogens is 330 g/mol. The van der Waals surface area contributed by atoms with Crippen LogP contribution in [0.1, 0.15) is 44.3 Å². The monoisotopic (exact) mass is 357 g/mol. The Kier molecular flexibility index (Phi) is 5.01. The molecule has 0 unspecified atom stereocenters. The highest BCUT2D eigenvalue weighted by Crippen LogP contribution is 2.28. The van der Waals surface area contributed by atoms with E-state index < -0.39 is 15.6 Å². The first-order valence-corrected chi connectivity index (χ1v) is 10.3. The van der Waals surface area contributed by atoms with E-state index in [0.717, 1.165) is 31.8 Å². The summed E-state index contributed by atoms with van der Waals surface area (Å²) in [7, 11) is -3.18. The Morgan fingerprint density at radius 1 is 1.29 bits per heavy atom. The number of sulfonamides is 1. The van der Waals surface area contributed by atoms with Gasteiger partial charge in [0.2, 0.25) is 15.9 Å². The average Bonchev–Trinajstić information content (AvgIpc) is 2.94. The second kappa shape index (κ2) is 6.74. The minimum atomic E-state index is -3.18. The van der Waals surface area contributed by atoms with Crippen LogP contribution in [-0.2, 0) is 21.3 Å². The number of oxazole rings is 1. The van der Waals surface area contributed by atoms with Crippen molar-refractivity contribution in [1.29, 1.82) is 0 Å². The summed E-state index contributed by atoms with van der Waals surface area (Å²) >= 11 is 0. The lowest BCUT2D eigenvalue weighted by Gasteiger charge is -2.45. The third-order valence-electron chi connectivity index (χ3n) is 4.86. The summed E-state index contributed by atoms with van der Waals surface area (Å²) in [6, 6.07) is 0. The first-order valence-electron chi connectivity index (χ1n) is 8.48. The lowest BCUT2D eigenvalue weighted by Crippen LogP contribution is -2.60. The van der Waals surface area contributed by atoms with Gasteiger partial charge in [-0.1, -0.05) is 0 Å². The van der Waals surface area contributed by atoms with Gasteiger partial charge >= 0.3 is 0 Å². The van der Waals surface area contributed by atoms with Gasteiger partial charge in [0.15, 0.2) is 0 Å². The number of rotatable bonds is 4. The van der Waals surface area contributed by atoms with Gasteiger partial charge in [-0.3, -0.25) is 4.90 Å². The van der Waals surface area contributed by atoms with Crippen LogP contribution < -0.4 is 0 Å². The fourth-order valence-corrected chi connectivity index (χ4v) is 5.12. The maximum absolute atomic E-state index is 11.9. The Balaban J connectivity index is 1.62. The third kappa shape index (κ3) is 3.99. The standard InChI is InChI=1S/C16H27N3O4S/c1-16(2)12-18(6-7-19(16)24(3,20)21)11-15-17-10-14(23-15)13-4-8-22-9-5-13/h10,13H,4-9,11-12H2,1-3H3. The van der Waals surface area contributed by atoms with Crippen molar-refractivity contribution in [2.45, 2.75) is 44.7 Å². The van der Waals surface area contributed by atoms with Gasteiger partial charge in [0.25, 0.3) is 0 Å². The van der Waals surface area contributed by atoms with Crippen LogP contribution in [0.25, 0.3) is 0 Å². The molecule has 0 radical (unpaired) electrons. The van der Waals surface area contributed by atoms with Crippen LogP contribution in [0, 0.1) is 0 Å². The molecule has 24 heavy (non-hydrogen) atoms. The van der Waals surface area contributed by atoms with Gasteiger partial charge in [0.05, 0.1) is 19.0 Å². The molecule has 8 heteroatoms. The molecule has 2 saturated heterocycles. The number of nitrogens with zero attached hydrogens (tertiary/aromatic N) is 3. The highest BCUT2D eigenvalue weighted by molar-refractivity contribution is 7.88. The molecule has 0 spiro atoms. The van der Waals surface area contributed by atoms with Gasteiger partial charge in [-0.25, -0.2) is 13.4 Å². The topological polar surface area (TPSA) is 75.9 Å². The molecule has 0 aromatic carbocycles. The molecule has 7 nitrogen and oxygen atoms in total. The van der Waals surface area contributed by atoms with Crippen molar-refractivity contribution in [1.82, 2.24) is 14.2 Å². The predicted octanol–water partition coefficient (Wildman–Crippen LogP) is 1.42. The normalized spacial score (nSPS) is 24.3. The van der Waals surface area contributed by atoms with Crippen LogP contribution >= 0.6 is 0 Å². The maximum atomic E-state index is 11.9. The molecule has 3 rings (SSSR count). The van der Waals surface area contributed by atoms with Gasteiger partial charge in [0, 0.05) is 44.3 Å². The predicted molar refractivity (Wildman–Crippen MR) is 90.2 cm³/mol. The van der Waals surface area contributed by atoms with E-state index in [-0.39, 0.29) is 0 Å². The summed E-state index contributed by atoms with van der Waals surface area (Å²) in [5, 5.41) is 0. The van der Waals surface area contributed by atoms with Gasteiger partial charge in [0.1, 0.15) is 5.76 Å². The Morgan fingerprint density at radius 2 is 2.00 bits per heavy atom. The fourth-order valence-electron chi connectivity index (χ4n) is 3.75. The number of piperazine rings is 1. The number of aromatic nitrogens is 1. The van der Waals surface area contributed by atoms with Crippen LogP contribution in [0.2, 0.25) is 0 Å². The largest absolute Gasteiger partial charge is 0.444 e. The molecule has 0 saturated carbocycles. The molecular formula is C16H27N3O4S. The lowest BCUT2D eigenvalue weighted by molar-refractivity contribution is 0.0683. The van der Waals surface area contributed by atoms with Crippen molar-refractivity contribution in [2.24, 2.45) is 0 Å².